The first kappa shape index (κ1) is 15.3. The maximum atomic E-state index is 12.3. The molecule has 112 valence electrons. The fourth-order valence-electron chi connectivity index (χ4n) is 2.20. The molecule has 0 bridgehead atoms. The number of hydrogen-bond donors (Lipinski definition) is 2. The second kappa shape index (κ2) is 7.09. The Labute approximate surface area is 125 Å². The maximum absolute atomic E-state index is 12.3. The summed E-state index contributed by atoms with van der Waals surface area (Å²) in [7, 11) is 0. The zero-order valence-electron chi connectivity index (χ0n) is 12.5. The Bertz CT molecular complexity index is 575. The molecule has 1 amide bonds. The van der Waals surface area contributed by atoms with Crippen LogP contribution in [0.5, 0.6) is 0 Å². The monoisotopic (exact) mass is 286 g/mol. The van der Waals surface area contributed by atoms with Crippen molar-refractivity contribution in [1.82, 2.24) is 9.88 Å². The first-order valence-electron chi connectivity index (χ1n) is 7.22. The standard InChI is InChI=1S/C17H22N2O2/c1-13(2)15(12-20)18-17(21)16-9-6-10-19(16)11-14-7-4-3-5-8-14/h3-10,13,15,20H,11-12H2,1-2H3,(H,18,21). The Morgan fingerprint density at radius 3 is 2.52 bits per heavy atom. The predicted molar refractivity (Wildman–Crippen MR) is 83.2 cm³/mol. The molecule has 0 fully saturated rings. The van der Waals surface area contributed by atoms with Crippen LogP contribution in [0.15, 0.2) is 48.7 Å². The Morgan fingerprint density at radius 1 is 1.19 bits per heavy atom. The summed E-state index contributed by atoms with van der Waals surface area (Å²) in [5.41, 5.74) is 1.75. The van der Waals surface area contributed by atoms with E-state index in [1.54, 1.807) is 6.07 Å². The van der Waals surface area contributed by atoms with Gasteiger partial charge < -0.3 is 15.0 Å². The molecule has 1 unspecified atom stereocenters. The molecule has 4 heteroatoms. The Kier molecular flexibility index (Phi) is 5.17. The fraction of sp³-hybridized carbons (Fsp3) is 0.353. The number of rotatable bonds is 6. The molecule has 0 aliphatic rings. The zero-order chi connectivity index (χ0) is 15.2. The van der Waals surface area contributed by atoms with Gasteiger partial charge in [-0.1, -0.05) is 44.2 Å². The van der Waals surface area contributed by atoms with Crippen LogP contribution >= 0.6 is 0 Å². The normalized spacial score (nSPS) is 12.4. The van der Waals surface area contributed by atoms with E-state index in [2.05, 4.69) is 5.32 Å². The molecule has 0 aliphatic heterocycles. The number of carbonyl (C=O) groups is 1. The first-order valence-corrected chi connectivity index (χ1v) is 7.22. The smallest absolute Gasteiger partial charge is 0.268 e. The number of benzene rings is 1. The molecule has 4 nitrogen and oxygen atoms in total. The van der Waals surface area contributed by atoms with Crippen molar-refractivity contribution in [3.05, 3.63) is 59.9 Å². The van der Waals surface area contributed by atoms with E-state index >= 15 is 0 Å². The summed E-state index contributed by atoms with van der Waals surface area (Å²) in [4.78, 5) is 12.3. The van der Waals surface area contributed by atoms with E-state index < -0.39 is 0 Å². The lowest BCUT2D eigenvalue weighted by Crippen LogP contribution is -2.41. The number of nitrogens with zero attached hydrogens (tertiary/aromatic N) is 1. The summed E-state index contributed by atoms with van der Waals surface area (Å²) in [6.07, 6.45) is 1.89. The fourth-order valence-corrected chi connectivity index (χ4v) is 2.20. The van der Waals surface area contributed by atoms with Crippen molar-refractivity contribution < 1.29 is 9.90 Å². The largest absolute Gasteiger partial charge is 0.394 e. The van der Waals surface area contributed by atoms with E-state index in [1.165, 1.54) is 0 Å². The molecule has 0 radical (unpaired) electrons. The van der Waals surface area contributed by atoms with Crippen LogP contribution in [0.1, 0.15) is 29.9 Å². The minimum Gasteiger partial charge on any atom is -0.394 e. The third-order valence-corrected chi connectivity index (χ3v) is 3.58. The van der Waals surface area contributed by atoms with E-state index in [9.17, 15) is 9.90 Å². The van der Waals surface area contributed by atoms with Crippen LogP contribution in [0.25, 0.3) is 0 Å². The van der Waals surface area contributed by atoms with Crippen LogP contribution in [0.4, 0.5) is 0 Å². The third-order valence-electron chi connectivity index (χ3n) is 3.58. The van der Waals surface area contributed by atoms with Crippen molar-refractivity contribution in [2.24, 2.45) is 5.92 Å². The van der Waals surface area contributed by atoms with Crippen molar-refractivity contribution in [1.29, 1.82) is 0 Å². The van der Waals surface area contributed by atoms with Crippen LogP contribution in [-0.4, -0.2) is 28.2 Å². The number of nitrogens with one attached hydrogen (secondary N) is 1. The van der Waals surface area contributed by atoms with Crippen molar-refractivity contribution in [3.63, 3.8) is 0 Å². The maximum Gasteiger partial charge on any atom is 0.268 e. The molecule has 21 heavy (non-hydrogen) atoms. The van der Waals surface area contributed by atoms with Gasteiger partial charge in [0.2, 0.25) is 0 Å². The summed E-state index contributed by atoms with van der Waals surface area (Å²) < 4.78 is 1.92. The second-order valence-corrected chi connectivity index (χ2v) is 5.51. The molecule has 1 heterocycles. The van der Waals surface area contributed by atoms with Gasteiger partial charge in [0.1, 0.15) is 5.69 Å². The van der Waals surface area contributed by atoms with Crippen LogP contribution in [0.2, 0.25) is 0 Å². The van der Waals surface area contributed by atoms with Crippen molar-refractivity contribution in [2.45, 2.75) is 26.4 Å². The molecule has 2 rings (SSSR count). The van der Waals surface area contributed by atoms with Crippen LogP contribution in [-0.2, 0) is 6.54 Å². The highest BCUT2D eigenvalue weighted by Crippen LogP contribution is 2.09. The molecular weight excluding hydrogens is 264 g/mol. The predicted octanol–water partition coefficient (Wildman–Crippen LogP) is 2.28. The molecule has 0 aliphatic carbocycles. The number of amides is 1. The topological polar surface area (TPSA) is 54.3 Å². The second-order valence-electron chi connectivity index (χ2n) is 5.51. The summed E-state index contributed by atoms with van der Waals surface area (Å²) in [5, 5.41) is 12.2. The molecule has 1 atom stereocenters. The van der Waals surface area contributed by atoms with Crippen LogP contribution < -0.4 is 5.32 Å². The van der Waals surface area contributed by atoms with Crippen LogP contribution in [0, 0.1) is 5.92 Å². The van der Waals surface area contributed by atoms with Gasteiger partial charge in [-0.25, -0.2) is 0 Å². The zero-order valence-corrected chi connectivity index (χ0v) is 12.5. The average molecular weight is 286 g/mol. The van der Waals surface area contributed by atoms with Crippen molar-refractivity contribution in [3.8, 4) is 0 Å². The van der Waals surface area contributed by atoms with E-state index in [4.69, 9.17) is 0 Å². The Hall–Kier alpha value is -2.07. The van der Waals surface area contributed by atoms with Gasteiger partial charge in [0.15, 0.2) is 0 Å². The van der Waals surface area contributed by atoms with Crippen LogP contribution in [0.3, 0.4) is 0 Å². The molecule has 1 aromatic carbocycles. The van der Waals surface area contributed by atoms with E-state index in [0.29, 0.717) is 12.2 Å². The number of carbonyl (C=O) groups excluding carboxylic acids is 1. The van der Waals surface area contributed by atoms with Gasteiger partial charge in [-0.2, -0.15) is 0 Å². The number of hydrogen-bond acceptors (Lipinski definition) is 2. The molecule has 2 N–H and O–H groups in total. The average Bonchev–Trinajstić information content (AvgIpc) is 2.93. The highest BCUT2D eigenvalue weighted by atomic mass is 16.3. The SMILES string of the molecule is CC(C)C(CO)NC(=O)c1cccn1Cc1ccccc1. The van der Waals surface area contributed by atoms with Crippen molar-refractivity contribution in [2.75, 3.05) is 6.61 Å². The highest BCUT2D eigenvalue weighted by Gasteiger charge is 2.18. The van der Waals surface area contributed by atoms with E-state index in [-0.39, 0.29) is 24.5 Å². The molecular formula is C17H22N2O2. The first-order chi connectivity index (χ1) is 10.1. The summed E-state index contributed by atoms with van der Waals surface area (Å²) in [6.45, 7) is 4.55. The number of aromatic nitrogens is 1. The van der Waals surface area contributed by atoms with Gasteiger partial charge in [-0.3, -0.25) is 4.79 Å². The molecule has 0 saturated carbocycles. The minimum atomic E-state index is -0.224. The molecule has 1 aromatic heterocycles. The Balaban J connectivity index is 2.11. The summed E-state index contributed by atoms with van der Waals surface area (Å²) in [6, 6.07) is 13.4. The van der Waals surface area contributed by atoms with Gasteiger partial charge >= 0.3 is 0 Å². The van der Waals surface area contributed by atoms with E-state index in [0.717, 1.165) is 5.56 Å². The van der Waals surface area contributed by atoms with E-state index in [1.807, 2.05) is 61.0 Å². The summed E-state index contributed by atoms with van der Waals surface area (Å²) in [5.74, 6) is 0.0418. The van der Waals surface area contributed by atoms with Gasteiger partial charge in [0.25, 0.3) is 5.91 Å². The highest BCUT2D eigenvalue weighted by molar-refractivity contribution is 5.93. The lowest BCUT2D eigenvalue weighted by molar-refractivity contribution is 0.0888. The van der Waals surface area contributed by atoms with Gasteiger partial charge in [-0.05, 0) is 23.6 Å². The molecule has 0 spiro atoms. The molecule has 0 saturated heterocycles. The van der Waals surface area contributed by atoms with Gasteiger partial charge in [-0.15, -0.1) is 0 Å². The van der Waals surface area contributed by atoms with Crippen molar-refractivity contribution >= 4 is 5.91 Å². The lowest BCUT2D eigenvalue weighted by atomic mass is 10.1. The minimum absolute atomic E-state index is 0.0528. The molecule has 2 aromatic rings. The van der Waals surface area contributed by atoms with Gasteiger partial charge in [0, 0.05) is 12.7 Å². The Morgan fingerprint density at radius 2 is 1.90 bits per heavy atom. The summed E-state index contributed by atoms with van der Waals surface area (Å²) >= 11 is 0. The third kappa shape index (κ3) is 3.95. The lowest BCUT2D eigenvalue weighted by Gasteiger charge is -2.20. The quantitative estimate of drug-likeness (QED) is 0.856. The number of aliphatic hydroxyl groups is 1. The number of aliphatic hydroxyl groups excluding tert-OH is 1. The van der Waals surface area contributed by atoms with Gasteiger partial charge in [0.05, 0.1) is 12.6 Å².